The van der Waals surface area contributed by atoms with Crippen molar-refractivity contribution in [3.63, 3.8) is 0 Å². The number of thioether (sulfide) groups is 1. The van der Waals surface area contributed by atoms with Crippen LogP contribution in [0.15, 0.2) is 49.6 Å². The zero-order valence-corrected chi connectivity index (χ0v) is 24.4. The second-order valence-electron chi connectivity index (χ2n) is 11.1. The molecule has 2 bridgehead atoms. The fourth-order valence-corrected chi connectivity index (χ4v) is 9.02. The SMILES string of the molecule is C=CCCCCOC(=O)[C@@H]1[C@@H]2CCC3(S2)C(C(=O)N(CC=C)Cn2nnc4ccccc42)N([C@@H](CC)CO)C(=O)[C@H]13. The summed E-state index contributed by atoms with van der Waals surface area (Å²) in [6.07, 6.45) is 7.82. The van der Waals surface area contributed by atoms with Gasteiger partial charge in [-0.1, -0.05) is 36.4 Å². The van der Waals surface area contributed by atoms with Gasteiger partial charge in [0, 0.05) is 11.8 Å². The van der Waals surface area contributed by atoms with Crippen LogP contribution in [0.25, 0.3) is 11.0 Å². The predicted molar refractivity (Wildman–Crippen MR) is 157 cm³/mol. The average molecular weight is 582 g/mol. The Kier molecular flexibility index (Phi) is 8.84. The molecule has 1 spiro atoms. The highest BCUT2D eigenvalue weighted by Gasteiger charge is 2.74. The molecule has 1 aromatic carbocycles. The fourth-order valence-electron chi connectivity index (χ4n) is 6.83. The van der Waals surface area contributed by atoms with Gasteiger partial charge in [-0.15, -0.1) is 30.0 Å². The van der Waals surface area contributed by atoms with Gasteiger partial charge in [0.2, 0.25) is 11.8 Å². The Labute approximate surface area is 244 Å². The van der Waals surface area contributed by atoms with Crippen molar-refractivity contribution in [1.29, 1.82) is 0 Å². The van der Waals surface area contributed by atoms with Gasteiger partial charge in [-0.25, -0.2) is 4.68 Å². The van der Waals surface area contributed by atoms with Crippen molar-refractivity contribution in [2.24, 2.45) is 11.8 Å². The van der Waals surface area contributed by atoms with E-state index in [1.54, 1.807) is 32.3 Å². The van der Waals surface area contributed by atoms with E-state index in [0.717, 1.165) is 36.7 Å². The molecule has 3 aliphatic rings. The third-order valence-electron chi connectivity index (χ3n) is 8.75. The Bertz CT molecular complexity index is 1310. The highest BCUT2D eigenvalue weighted by atomic mass is 32.2. The van der Waals surface area contributed by atoms with E-state index in [0.29, 0.717) is 19.4 Å². The van der Waals surface area contributed by atoms with Crippen molar-refractivity contribution < 1.29 is 24.2 Å². The number of ether oxygens (including phenoxy) is 1. The lowest BCUT2D eigenvalue weighted by atomic mass is 9.71. The van der Waals surface area contributed by atoms with Crippen molar-refractivity contribution in [3.05, 3.63) is 49.6 Å². The number of hydrogen-bond acceptors (Lipinski definition) is 8. The van der Waals surface area contributed by atoms with Gasteiger partial charge in [-0.05, 0) is 50.7 Å². The molecule has 0 radical (unpaired) electrons. The highest BCUT2D eigenvalue weighted by molar-refractivity contribution is 8.02. The largest absolute Gasteiger partial charge is 0.465 e. The Hall–Kier alpha value is -3.18. The molecule has 1 N–H and O–H groups in total. The summed E-state index contributed by atoms with van der Waals surface area (Å²) in [6, 6.07) is 6.16. The van der Waals surface area contributed by atoms with E-state index in [9.17, 15) is 19.5 Å². The van der Waals surface area contributed by atoms with Gasteiger partial charge in [0.15, 0.2) is 0 Å². The topological polar surface area (TPSA) is 118 Å². The number of amides is 2. The first kappa shape index (κ1) is 29.3. The second-order valence-corrected chi connectivity index (χ2v) is 12.7. The van der Waals surface area contributed by atoms with E-state index in [-0.39, 0.29) is 42.9 Å². The number of allylic oxidation sites excluding steroid dienone is 1. The van der Waals surface area contributed by atoms with E-state index in [2.05, 4.69) is 23.5 Å². The van der Waals surface area contributed by atoms with Gasteiger partial charge in [0.25, 0.3) is 0 Å². The monoisotopic (exact) mass is 581 g/mol. The number of hydrogen-bond donors (Lipinski definition) is 1. The number of aromatic nitrogens is 3. The molecular formula is C30H39N5O5S. The van der Waals surface area contributed by atoms with E-state index >= 15 is 0 Å². The number of para-hydroxylation sites is 1. The van der Waals surface area contributed by atoms with Crippen LogP contribution in [0, 0.1) is 11.8 Å². The maximum absolute atomic E-state index is 14.6. The number of rotatable bonds is 14. The minimum absolute atomic E-state index is 0.0802. The van der Waals surface area contributed by atoms with E-state index in [4.69, 9.17) is 4.74 Å². The smallest absolute Gasteiger partial charge is 0.310 e. The van der Waals surface area contributed by atoms with Gasteiger partial charge < -0.3 is 19.6 Å². The van der Waals surface area contributed by atoms with Crippen LogP contribution in [0.4, 0.5) is 0 Å². The number of carbonyl (C=O) groups excluding carboxylic acids is 3. The highest BCUT2D eigenvalue weighted by Crippen LogP contribution is 2.67. The Morgan fingerprint density at radius 3 is 2.83 bits per heavy atom. The lowest BCUT2D eigenvalue weighted by Gasteiger charge is -2.39. The molecule has 4 heterocycles. The minimum Gasteiger partial charge on any atom is -0.465 e. The second kappa shape index (κ2) is 12.4. The molecule has 6 atom stereocenters. The van der Waals surface area contributed by atoms with Crippen LogP contribution in [0.5, 0.6) is 0 Å². The van der Waals surface area contributed by atoms with Crippen molar-refractivity contribution in [3.8, 4) is 0 Å². The Morgan fingerprint density at radius 2 is 2.10 bits per heavy atom. The molecule has 3 aliphatic heterocycles. The molecule has 10 nitrogen and oxygen atoms in total. The van der Waals surface area contributed by atoms with E-state index in [1.165, 1.54) is 0 Å². The maximum atomic E-state index is 14.6. The number of esters is 1. The van der Waals surface area contributed by atoms with Crippen LogP contribution in [-0.4, -0.2) is 89.5 Å². The van der Waals surface area contributed by atoms with Gasteiger partial charge >= 0.3 is 5.97 Å². The predicted octanol–water partition coefficient (Wildman–Crippen LogP) is 3.17. The van der Waals surface area contributed by atoms with Crippen molar-refractivity contribution in [1.82, 2.24) is 24.8 Å². The van der Waals surface area contributed by atoms with Gasteiger partial charge in [0.05, 0.1) is 41.4 Å². The standard InChI is InChI=1S/C30H39N5O5S/c1-4-7-8-11-17-40-29(39)24-23-14-15-30(41-23)25(24)27(37)35(20(6-3)18-36)26(30)28(38)33(16-5-2)19-34-22-13-10-9-12-21(22)31-32-34/h4-5,9-10,12-13,20,23-26,36H,1-2,6-8,11,14-19H2,3H3/t20-,23-,24+,25-,26?,30?/m0/s1. The van der Waals surface area contributed by atoms with E-state index in [1.807, 2.05) is 37.3 Å². The fraction of sp³-hybridized carbons (Fsp3) is 0.567. The molecule has 3 saturated heterocycles. The van der Waals surface area contributed by atoms with Crippen LogP contribution >= 0.6 is 11.8 Å². The van der Waals surface area contributed by atoms with Gasteiger partial charge in [-0.2, -0.15) is 0 Å². The number of aliphatic hydroxyl groups is 1. The Morgan fingerprint density at radius 1 is 1.29 bits per heavy atom. The number of aliphatic hydroxyl groups excluding tert-OH is 1. The number of unbranched alkanes of at least 4 members (excludes halogenated alkanes) is 2. The maximum Gasteiger partial charge on any atom is 0.310 e. The molecular weight excluding hydrogens is 542 g/mol. The number of carbonyl (C=O) groups is 3. The number of likely N-dealkylation sites (tertiary alicyclic amines) is 1. The first-order valence-corrected chi connectivity index (χ1v) is 15.4. The van der Waals surface area contributed by atoms with Crippen molar-refractivity contribution in [2.45, 2.75) is 74.2 Å². The molecule has 11 heteroatoms. The molecule has 220 valence electrons. The number of fused-ring (bicyclic) bond motifs is 2. The summed E-state index contributed by atoms with van der Waals surface area (Å²) in [7, 11) is 0. The molecule has 0 aliphatic carbocycles. The van der Waals surface area contributed by atoms with Gasteiger partial charge in [-0.3, -0.25) is 14.4 Å². The zero-order valence-electron chi connectivity index (χ0n) is 23.6. The van der Waals surface area contributed by atoms with E-state index < -0.39 is 28.7 Å². The lowest BCUT2D eigenvalue weighted by molar-refractivity contribution is -0.154. The number of benzene rings is 1. The molecule has 2 amide bonds. The molecule has 2 unspecified atom stereocenters. The van der Waals surface area contributed by atoms with Crippen LogP contribution < -0.4 is 0 Å². The molecule has 0 saturated carbocycles. The lowest BCUT2D eigenvalue weighted by Crippen LogP contribution is -2.57. The Balaban J connectivity index is 1.46. The molecule has 2 aromatic rings. The molecule has 5 rings (SSSR count). The summed E-state index contributed by atoms with van der Waals surface area (Å²) in [5.41, 5.74) is 1.51. The first-order valence-electron chi connectivity index (χ1n) is 14.5. The summed E-state index contributed by atoms with van der Waals surface area (Å²) < 4.78 is 6.59. The van der Waals surface area contributed by atoms with Crippen molar-refractivity contribution in [2.75, 3.05) is 19.8 Å². The average Bonchev–Trinajstić information content (AvgIpc) is 3.73. The number of nitrogens with zero attached hydrogens (tertiary/aromatic N) is 5. The summed E-state index contributed by atoms with van der Waals surface area (Å²) in [6.45, 7) is 9.89. The summed E-state index contributed by atoms with van der Waals surface area (Å²) in [4.78, 5) is 45.4. The zero-order chi connectivity index (χ0) is 29.1. The minimum atomic E-state index is -0.827. The summed E-state index contributed by atoms with van der Waals surface area (Å²) in [5, 5.41) is 18.7. The molecule has 41 heavy (non-hydrogen) atoms. The van der Waals surface area contributed by atoms with Gasteiger partial charge in [0.1, 0.15) is 18.2 Å². The van der Waals surface area contributed by atoms with Crippen LogP contribution in [0.1, 0.15) is 45.4 Å². The first-order chi connectivity index (χ1) is 19.9. The summed E-state index contributed by atoms with van der Waals surface area (Å²) >= 11 is 1.60. The van der Waals surface area contributed by atoms with Crippen LogP contribution in [0.2, 0.25) is 0 Å². The summed E-state index contributed by atoms with van der Waals surface area (Å²) in [5.74, 6) is -2.11. The van der Waals surface area contributed by atoms with Crippen molar-refractivity contribution >= 4 is 40.6 Å². The van der Waals surface area contributed by atoms with Crippen LogP contribution in [0.3, 0.4) is 0 Å². The third kappa shape index (κ3) is 5.07. The van der Waals surface area contributed by atoms with Crippen LogP contribution in [-0.2, 0) is 25.8 Å². The molecule has 1 aromatic heterocycles. The quantitative estimate of drug-likeness (QED) is 0.205. The third-order valence-corrected chi connectivity index (χ3v) is 10.7. The molecule has 3 fully saturated rings. The normalized spacial score (nSPS) is 27.2.